The number of ether oxygens (including phenoxy) is 1. The Kier molecular flexibility index (Phi) is 15.3. The predicted octanol–water partition coefficient (Wildman–Crippen LogP) is -1.39. The van der Waals surface area contributed by atoms with E-state index in [-0.39, 0.29) is 37.6 Å². The number of aliphatic hydroxyl groups is 2. The van der Waals surface area contributed by atoms with Gasteiger partial charge in [-0.15, -0.1) is 0 Å². The van der Waals surface area contributed by atoms with Gasteiger partial charge in [0.05, 0.1) is 26.4 Å². The van der Waals surface area contributed by atoms with E-state index in [4.69, 9.17) is 10.2 Å². The molecular formula is C4H10O3Sb. The number of hydrogen-bond acceptors (Lipinski definition) is 3. The summed E-state index contributed by atoms with van der Waals surface area (Å²) < 4.78 is 4.63. The van der Waals surface area contributed by atoms with Crippen LogP contribution in [0.4, 0.5) is 0 Å². The normalized spacial score (nSPS) is 8.25. The van der Waals surface area contributed by atoms with E-state index in [1.54, 1.807) is 0 Å². The molecule has 0 heterocycles. The van der Waals surface area contributed by atoms with Crippen LogP contribution in [0.5, 0.6) is 0 Å². The van der Waals surface area contributed by atoms with E-state index in [9.17, 15) is 0 Å². The monoisotopic (exact) mass is 227 g/mol. The van der Waals surface area contributed by atoms with Crippen LogP contribution >= 0.6 is 0 Å². The predicted molar refractivity (Wildman–Crippen MR) is 30.7 cm³/mol. The molecule has 0 bridgehead atoms. The zero-order valence-corrected chi connectivity index (χ0v) is 7.13. The van der Waals surface area contributed by atoms with Crippen LogP contribution in [0, 0.1) is 0 Å². The van der Waals surface area contributed by atoms with Crippen LogP contribution in [0.2, 0.25) is 0 Å². The largest absolute Gasteiger partial charge is 0.394 e. The molecule has 0 saturated carbocycles. The summed E-state index contributed by atoms with van der Waals surface area (Å²) in [6.45, 7) is 0.696. The van der Waals surface area contributed by atoms with E-state index >= 15 is 0 Å². The summed E-state index contributed by atoms with van der Waals surface area (Å²) in [4.78, 5) is 0. The number of hydrogen-bond donors (Lipinski definition) is 2. The Labute approximate surface area is 66.1 Å². The second-order valence-corrected chi connectivity index (χ2v) is 1.06. The van der Waals surface area contributed by atoms with Gasteiger partial charge < -0.3 is 14.9 Å². The fourth-order valence-corrected chi connectivity index (χ4v) is 0.231. The van der Waals surface area contributed by atoms with Crippen LogP contribution in [-0.2, 0) is 4.74 Å². The molecule has 0 spiro atoms. The van der Waals surface area contributed by atoms with Crippen LogP contribution in [0.15, 0.2) is 0 Å². The van der Waals surface area contributed by atoms with Crippen molar-refractivity contribution in [3.05, 3.63) is 0 Å². The van der Waals surface area contributed by atoms with E-state index in [0.717, 1.165) is 0 Å². The smallest absolute Gasteiger partial charge is 0.0698 e. The third-order valence-corrected chi connectivity index (χ3v) is 0.471. The first-order chi connectivity index (χ1) is 3.41. The Balaban J connectivity index is 0. The Bertz CT molecular complexity index is 30.5. The maximum Gasteiger partial charge on any atom is 0.0698 e. The van der Waals surface area contributed by atoms with Crippen LogP contribution in [0.1, 0.15) is 0 Å². The van der Waals surface area contributed by atoms with Gasteiger partial charge in [-0.25, -0.2) is 0 Å². The van der Waals surface area contributed by atoms with Gasteiger partial charge in [0.1, 0.15) is 0 Å². The van der Waals surface area contributed by atoms with Gasteiger partial charge in [-0.2, -0.15) is 0 Å². The Morgan fingerprint density at radius 3 is 1.62 bits per heavy atom. The molecule has 0 aliphatic rings. The second-order valence-electron chi connectivity index (χ2n) is 1.06. The van der Waals surface area contributed by atoms with Gasteiger partial charge in [0.15, 0.2) is 0 Å². The molecule has 0 aliphatic heterocycles. The summed E-state index contributed by atoms with van der Waals surface area (Å²) in [5, 5.41) is 16.2. The summed E-state index contributed by atoms with van der Waals surface area (Å²) in [5.41, 5.74) is 0. The molecule has 3 nitrogen and oxygen atoms in total. The van der Waals surface area contributed by atoms with Crippen molar-refractivity contribution in [3.63, 3.8) is 0 Å². The SMILES string of the molecule is OCCOCCO.[Sb]. The van der Waals surface area contributed by atoms with Crippen LogP contribution < -0.4 is 0 Å². The average Bonchev–Trinajstić information content (AvgIpc) is 1.69. The average molecular weight is 228 g/mol. The molecule has 0 rings (SSSR count). The minimum absolute atomic E-state index is 0. The minimum atomic E-state index is 0. The maximum atomic E-state index is 8.09. The fraction of sp³-hybridized carbons (Fsp3) is 1.00. The third-order valence-electron chi connectivity index (χ3n) is 0.471. The third kappa shape index (κ3) is 9.85. The van der Waals surface area contributed by atoms with E-state index in [1.165, 1.54) is 0 Å². The fourth-order valence-electron chi connectivity index (χ4n) is 0.231. The summed E-state index contributed by atoms with van der Waals surface area (Å²) in [7, 11) is 0. The van der Waals surface area contributed by atoms with Gasteiger partial charge in [-0.1, -0.05) is 0 Å². The van der Waals surface area contributed by atoms with Gasteiger partial charge in [0.2, 0.25) is 0 Å². The molecule has 0 saturated heterocycles. The summed E-state index contributed by atoms with van der Waals surface area (Å²) in [6.07, 6.45) is 0. The van der Waals surface area contributed by atoms with Gasteiger partial charge in [-0.3, -0.25) is 0 Å². The van der Waals surface area contributed by atoms with Crippen molar-refractivity contribution in [2.45, 2.75) is 0 Å². The number of aliphatic hydroxyl groups excluding tert-OH is 2. The van der Waals surface area contributed by atoms with Crippen molar-refractivity contribution in [2.24, 2.45) is 0 Å². The Morgan fingerprint density at radius 1 is 1.00 bits per heavy atom. The van der Waals surface area contributed by atoms with E-state index in [1.807, 2.05) is 0 Å². The molecule has 0 aromatic carbocycles. The molecular weight excluding hydrogens is 218 g/mol. The van der Waals surface area contributed by atoms with Crippen LogP contribution in [0.25, 0.3) is 0 Å². The number of rotatable bonds is 4. The summed E-state index contributed by atoms with van der Waals surface area (Å²) in [6, 6.07) is 0. The molecule has 2 N–H and O–H groups in total. The molecule has 8 heavy (non-hydrogen) atoms. The van der Waals surface area contributed by atoms with Gasteiger partial charge >= 0.3 is 0 Å². The van der Waals surface area contributed by atoms with E-state index < -0.39 is 0 Å². The standard InChI is InChI=1S/C4H10O3.Sb/c5-1-3-7-4-2-6;/h5-6H,1-4H2;. The van der Waals surface area contributed by atoms with Crippen molar-refractivity contribution in [2.75, 3.05) is 26.4 Å². The van der Waals surface area contributed by atoms with E-state index in [0.29, 0.717) is 13.2 Å². The van der Waals surface area contributed by atoms with Gasteiger partial charge in [0, 0.05) is 24.4 Å². The quantitative estimate of drug-likeness (QED) is 0.459. The Morgan fingerprint density at radius 2 is 1.38 bits per heavy atom. The molecule has 0 atom stereocenters. The topological polar surface area (TPSA) is 49.7 Å². The molecule has 0 unspecified atom stereocenters. The van der Waals surface area contributed by atoms with Crippen molar-refractivity contribution >= 4 is 24.4 Å². The van der Waals surface area contributed by atoms with E-state index in [2.05, 4.69) is 4.74 Å². The zero-order chi connectivity index (χ0) is 5.54. The molecule has 0 amide bonds. The first-order valence-corrected chi connectivity index (χ1v) is 2.21. The molecule has 0 aromatic rings. The molecule has 3 radical (unpaired) electrons. The first kappa shape index (κ1) is 11.5. The summed E-state index contributed by atoms with van der Waals surface area (Å²) in [5.74, 6) is 0. The zero-order valence-electron chi connectivity index (χ0n) is 4.58. The van der Waals surface area contributed by atoms with Gasteiger partial charge in [0.25, 0.3) is 0 Å². The molecule has 0 aliphatic carbocycles. The van der Waals surface area contributed by atoms with Crippen molar-refractivity contribution < 1.29 is 14.9 Å². The van der Waals surface area contributed by atoms with Crippen molar-refractivity contribution in [1.82, 2.24) is 0 Å². The Hall–Kier alpha value is 0.698. The molecule has 49 valence electrons. The second kappa shape index (κ2) is 10.6. The van der Waals surface area contributed by atoms with Crippen molar-refractivity contribution in [3.8, 4) is 0 Å². The first-order valence-electron chi connectivity index (χ1n) is 2.21. The van der Waals surface area contributed by atoms with Crippen LogP contribution in [-0.4, -0.2) is 61.1 Å². The molecule has 0 aromatic heterocycles. The minimum Gasteiger partial charge on any atom is -0.394 e. The van der Waals surface area contributed by atoms with Gasteiger partial charge in [-0.05, 0) is 0 Å². The summed E-state index contributed by atoms with van der Waals surface area (Å²) >= 11 is 0. The molecule has 4 heteroatoms. The molecule has 0 fully saturated rings. The van der Waals surface area contributed by atoms with Crippen molar-refractivity contribution in [1.29, 1.82) is 0 Å². The maximum absolute atomic E-state index is 8.09. The van der Waals surface area contributed by atoms with Crippen LogP contribution in [0.3, 0.4) is 0 Å².